The predicted molar refractivity (Wildman–Crippen MR) is 81.4 cm³/mol. The summed E-state index contributed by atoms with van der Waals surface area (Å²) in [5.74, 6) is -0.926. The van der Waals surface area contributed by atoms with Gasteiger partial charge >= 0.3 is 11.9 Å². The molecule has 0 aliphatic heterocycles. The molecule has 0 bridgehead atoms. The Balaban J connectivity index is 2.42. The van der Waals surface area contributed by atoms with Crippen LogP contribution >= 0.6 is 0 Å². The van der Waals surface area contributed by atoms with Crippen LogP contribution in [0.25, 0.3) is 0 Å². The number of hydrogen-bond donors (Lipinski definition) is 0. The van der Waals surface area contributed by atoms with Crippen LogP contribution in [0.2, 0.25) is 0 Å². The van der Waals surface area contributed by atoms with Gasteiger partial charge in [0.2, 0.25) is 0 Å². The van der Waals surface area contributed by atoms with Gasteiger partial charge in [-0.3, -0.25) is 0 Å². The van der Waals surface area contributed by atoms with E-state index >= 15 is 0 Å². The zero-order chi connectivity index (χ0) is 15.8. The van der Waals surface area contributed by atoms with E-state index < -0.39 is 11.9 Å². The minimum absolute atomic E-state index is 0.0219. The molecule has 0 fully saturated rings. The highest BCUT2D eigenvalue weighted by atomic mass is 16.6. The van der Waals surface area contributed by atoms with Gasteiger partial charge < -0.3 is 14.4 Å². The van der Waals surface area contributed by atoms with Crippen molar-refractivity contribution in [2.24, 2.45) is 0 Å². The summed E-state index contributed by atoms with van der Waals surface area (Å²) in [6.07, 6.45) is 0. The van der Waals surface area contributed by atoms with Crippen LogP contribution in [0.4, 0.5) is 5.69 Å². The fraction of sp³-hybridized carbons (Fsp3) is 0.375. The summed E-state index contributed by atoms with van der Waals surface area (Å²) < 4.78 is 9.86. The molecule has 0 N–H and O–H groups in total. The van der Waals surface area contributed by atoms with Crippen molar-refractivity contribution in [2.75, 3.05) is 31.7 Å². The molecule has 21 heavy (non-hydrogen) atoms. The first-order chi connectivity index (χ1) is 9.95. The molecule has 0 unspecified atom stereocenters. The van der Waals surface area contributed by atoms with Crippen LogP contribution < -0.4 is 4.90 Å². The largest absolute Gasteiger partial charge is 0.459 e. The van der Waals surface area contributed by atoms with E-state index in [1.54, 1.807) is 19.1 Å². The molecule has 0 aliphatic rings. The first-order valence-electron chi connectivity index (χ1n) is 6.76. The van der Waals surface area contributed by atoms with E-state index in [1.807, 2.05) is 19.2 Å². The van der Waals surface area contributed by atoms with E-state index in [-0.39, 0.29) is 13.2 Å². The molecule has 114 valence electrons. The van der Waals surface area contributed by atoms with Crippen molar-refractivity contribution in [1.82, 2.24) is 0 Å². The Morgan fingerprint density at radius 3 is 2.24 bits per heavy atom. The molecular weight excluding hydrogens is 270 g/mol. The van der Waals surface area contributed by atoms with Gasteiger partial charge in [0.05, 0.1) is 5.56 Å². The van der Waals surface area contributed by atoms with Gasteiger partial charge in [0, 0.05) is 24.9 Å². The third-order valence-corrected chi connectivity index (χ3v) is 2.92. The van der Waals surface area contributed by atoms with Gasteiger partial charge in [0.1, 0.15) is 13.2 Å². The first-order valence-corrected chi connectivity index (χ1v) is 6.76. The maximum absolute atomic E-state index is 11.8. The van der Waals surface area contributed by atoms with Crippen LogP contribution in [0.15, 0.2) is 36.4 Å². The second kappa shape index (κ2) is 8.09. The van der Waals surface area contributed by atoms with Crippen molar-refractivity contribution < 1.29 is 19.1 Å². The van der Waals surface area contributed by atoms with E-state index in [2.05, 4.69) is 18.4 Å². The van der Waals surface area contributed by atoms with E-state index in [0.717, 1.165) is 12.2 Å². The fourth-order valence-corrected chi connectivity index (χ4v) is 1.51. The van der Waals surface area contributed by atoms with E-state index in [0.29, 0.717) is 11.1 Å². The summed E-state index contributed by atoms with van der Waals surface area (Å²) in [5, 5.41) is 0. The lowest BCUT2D eigenvalue weighted by molar-refractivity contribution is -0.140. The third-order valence-electron chi connectivity index (χ3n) is 2.92. The number of rotatable bonds is 7. The lowest BCUT2D eigenvalue weighted by atomic mass is 10.2. The smallest absolute Gasteiger partial charge is 0.338 e. The highest BCUT2D eigenvalue weighted by molar-refractivity contribution is 5.90. The Hall–Kier alpha value is -2.30. The second-order valence-electron chi connectivity index (χ2n) is 4.61. The molecule has 0 spiro atoms. The molecule has 0 amide bonds. The molecular formula is C16H21NO4. The topological polar surface area (TPSA) is 55.8 Å². The third kappa shape index (κ3) is 5.30. The highest BCUT2D eigenvalue weighted by Gasteiger charge is 2.09. The molecule has 0 heterocycles. The molecule has 0 aromatic heterocycles. The normalized spacial score (nSPS) is 9.86. The molecule has 0 saturated carbocycles. The number of esters is 2. The van der Waals surface area contributed by atoms with Crippen LogP contribution in [-0.4, -0.2) is 38.7 Å². The van der Waals surface area contributed by atoms with Gasteiger partial charge in [-0.15, -0.1) is 0 Å². The summed E-state index contributed by atoms with van der Waals surface area (Å²) >= 11 is 0. The molecule has 5 nitrogen and oxygen atoms in total. The lowest BCUT2D eigenvalue weighted by Gasteiger charge is -2.16. The van der Waals surface area contributed by atoms with Crippen LogP contribution in [0, 0.1) is 0 Å². The van der Waals surface area contributed by atoms with Gasteiger partial charge in [-0.25, -0.2) is 9.59 Å². The maximum Gasteiger partial charge on any atom is 0.338 e. The summed E-state index contributed by atoms with van der Waals surface area (Å²) in [6, 6.07) is 7.15. The van der Waals surface area contributed by atoms with Crippen LogP contribution in [0.3, 0.4) is 0 Å². The van der Waals surface area contributed by atoms with Gasteiger partial charge in [0.15, 0.2) is 0 Å². The Morgan fingerprint density at radius 2 is 1.71 bits per heavy atom. The molecule has 1 aromatic carbocycles. The van der Waals surface area contributed by atoms with Gasteiger partial charge in [0.25, 0.3) is 0 Å². The number of nitrogens with zero attached hydrogens (tertiary/aromatic N) is 1. The molecule has 0 radical (unpaired) electrons. The maximum atomic E-state index is 11.8. The minimum atomic E-state index is -0.488. The summed E-state index contributed by atoms with van der Waals surface area (Å²) in [5.41, 5.74) is 1.82. The number of carbonyl (C=O) groups is 2. The van der Waals surface area contributed by atoms with Crippen molar-refractivity contribution in [3.05, 3.63) is 42.0 Å². The average molecular weight is 291 g/mol. The Kier molecular flexibility index (Phi) is 6.46. The van der Waals surface area contributed by atoms with E-state index in [1.165, 1.54) is 0 Å². The van der Waals surface area contributed by atoms with Crippen LogP contribution in [0.1, 0.15) is 24.2 Å². The molecule has 0 atom stereocenters. The standard InChI is InChI=1S/C16H21NO4/c1-5-17(4)14-8-6-13(7-9-14)16(19)21-11-10-20-15(18)12(2)3/h6-9H,2,5,10-11H2,1,3-4H3. The van der Waals surface area contributed by atoms with E-state index in [9.17, 15) is 9.59 Å². The molecule has 5 heteroatoms. The van der Waals surface area contributed by atoms with Gasteiger partial charge in [-0.1, -0.05) is 6.58 Å². The zero-order valence-corrected chi connectivity index (χ0v) is 12.7. The van der Waals surface area contributed by atoms with Crippen molar-refractivity contribution >= 4 is 17.6 Å². The van der Waals surface area contributed by atoms with Crippen molar-refractivity contribution in [3.63, 3.8) is 0 Å². The summed E-state index contributed by atoms with van der Waals surface area (Å²) in [4.78, 5) is 25.0. The molecule has 0 aliphatic carbocycles. The quantitative estimate of drug-likeness (QED) is 0.439. The summed E-state index contributed by atoms with van der Waals surface area (Å²) in [6.45, 7) is 8.00. The van der Waals surface area contributed by atoms with Crippen molar-refractivity contribution in [1.29, 1.82) is 0 Å². The second-order valence-corrected chi connectivity index (χ2v) is 4.61. The number of hydrogen-bond acceptors (Lipinski definition) is 5. The van der Waals surface area contributed by atoms with Gasteiger partial charge in [-0.05, 0) is 38.1 Å². The zero-order valence-electron chi connectivity index (χ0n) is 12.7. The fourth-order valence-electron chi connectivity index (χ4n) is 1.51. The number of carbonyl (C=O) groups excluding carboxylic acids is 2. The minimum Gasteiger partial charge on any atom is -0.459 e. The Labute approximate surface area is 125 Å². The highest BCUT2D eigenvalue weighted by Crippen LogP contribution is 2.14. The summed E-state index contributed by atoms with van der Waals surface area (Å²) in [7, 11) is 1.98. The van der Waals surface area contributed by atoms with Crippen molar-refractivity contribution in [3.8, 4) is 0 Å². The van der Waals surface area contributed by atoms with Crippen molar-refractivity contribution in [2.45, 2.75) is 13.8 Å². The Bertz CT molecular complexity index is 508. The van der Waals surface area contributed by atoms with Gasteiger partial charge in [-0.2, -0.15) is 0 Å². The molecule has 1 aromatic rings. The predicted octanol–water partition coefficient (Wildman–Crippen LogP) is 2.42. The number of ether oxygens (including phenoxy) is 2. The Morgan fingerprint density at radius 1 is 1.14 bits per heavy atom. The SMILES string of the molecule is C=C(C)C(=O)OCCOC(=O)c1ccc(N(C)CC)cc1. The average Bonchev–Trinajstić information content (AvgIpc) is 2.50. The first kappa shape index (κ1) is 16.8. The monoisotopic (exact) mass is 291 g/mol. The molecule has 1 rings (SSSR count). The number of benzene rings is 1. The number of anilines is 1. The lowest BCUT2D eigenvalue weighted by Crippen LogP contribution is -2.16. The molecule has 0 saturated heterocycles. The van der Waals surface area contributed by atoms with Crippen LogP contribution in [0.5, 0.6) is 0 Å². The van der Waals surface area contributed by atoms with Crippen LogP contribution in [-0.2, 0) is 14.3 Å². The van der Waals surface area contributed by atoms with E-state index in [4.69, 9.17) is 9.47 Å².